The van der Waals surface area contributed by atoms with Crippen molar-refractivity contribution < 1.29 is 9.90 Å². The molecule has 2 rings (SSSR count). The Labute approximate surface area is 110 Å². The van der Waals surface area contributed by atoms with Crippen LogP contribution in [0.4, 0.5) is 0 Å². The molecule has 0 bridgehead atoms. The Bertz CT molecular complexity index is 578. The highest BCUT2D eigenvalue weighted by Gasteiger charge is 2.15. The number of carboxylic acid groups (broad SMARTS) is 1. The lowest BCUT2D eigenvalue weighted by molar-refractivity contribution is 0.0697. The summed E-state index contributed by atoms with van der Waals surface area (Å²) in [6.45, 7) is 0. The van der Waals surface area contributed by atoms with Gasteiger partial charge in [-0.2, -0.15) is 0 Å². The van der Waals surface area contributed by atoms with Gasteiger partial charge in [0.2, 0.25) is 0 Å². The molecule has 88 valence electrons. The number of aryl methyl sites for hydroxylation is 1. The number of aromatic nitrogens is 3. The molecule has 7 heteroatoms. The number of carbonyl (C=O) groups is 1. The van der Waals surface area contributed by atoms with Gasteiger partial charge in [0.1, 0.15) is 5.69 Å². The zero-order chi connectivity index (χ0) is 12.6. The largest absolute Gasteiger partial charge is 0.478 e. The van der Waals surface area contributed by atoms with Crippen molar-refractivity contribution in [3.8, 4) is 11.3 Å². The van der Waals surface area contributed by atoms with Crippen LogP contribution in [-0.2, 0) is 7.05 Å². The molecule has 0 aliphatic rings. The van der Waals surface area contributed by atoms with Crippen LogP contribution in [0.5, 0.6) is 0 Å². The predicted molar refractivity (Wildman–Crippen MR) is 66.1 cm³/mol. The van der Waals surface area contributed by atoms with Crippen molar-refractivity contribution in [2.45, 2.75) is 0 Å². The van der Waals surface area contributed by atoms with Crippen molar-refractivity contribution in [3.63, 3.8) is 0 Å². The first-order chi connectivity index (χ1) is 8.00. The van der Waals surface area contributed by atoms with Crippen molar-refractivity contribution in [2.24, 2.45) is 7.05 Å². The molecule has 0 unspecified atom stereocenters. The Hall–Kier alpha value is -1.40. The van der Waals surface area contributed by atoms with E-state index in [0.29, 0.717) is 15.9 Å². The summed E-state index contributed by atoms with van der Waals surface area (Å²) in [4.78, 5) is 11.0. The molecule has 0 saturated carbocycles. The standard InChI is InChI=1S/C10H7BrClN3O2/c1-15-8(9(11)13-14-15)5-2-3-7(12)6(4-5)10(16)17/h2-4H,1H3,(H,16,17). The third-order valence-corrected chi connectivity index (χ3v) is 3.12. The fraction of sp³-hybridized carbons (Fsp3) is 0.100. The number of carboxylic acids is 1. The molecular weight excluding hydrogens is 309 g/mol. The molecule has 0 spiro atoms. The average molecular weight is 317 g/mol. The summed E-state index contributed by atoms with van der Waals surface area (Å²) >= 11 is 9.06. The molecule has 1 aromatic carbocycles. The second-order valence-electron chi connectivity index (χ2n) is 3.35. The van der Waals surface area contributed by atoms with Crippen LogP contribution >= 0.6 is 27.5 Å². The minimum atomic E-state index is -1.07. The number of hydrogen-bond acceptors (Lipinski definition) is 3. The lowest BCUT2D eigenvalue weighted by atomic mass is 10.1. The lowest BCUT2D eigenvalue weighted by Gasteiger charge is -2.04. The highest BCUT2D eigenvalue weighted by molar-refractivity contribution is 9.10. The number of nitrogens with zero attached hydrogens (tertiary/aromatic N) is 3. The van der Waals surface area contributed by atoms with E-state index >= 15 is 0 Å². The first kappa shape index (κ1) is 12.1. The van der Waals surface area contributed by atoms with Gasteiger partial charge in [0.05, 0.1) is 10.6 Å². The summed E-state index contributed by atoms with van der Waals surface area (Å²) in [6, 6.07) is 4.76. The third kappa shape index (κ3) is 2.18. The van der Waals surface area contributed by atoms with E-state index in [2.05, 4.69) is 26.2 Å². The molecule has 0 amide bonds. The summed E-state index contributed by atoms with van der Waals surface area (Å²) in [7, 11) is 1.72. The summed E-state index contributed by atoms with van der Waals surface area (Å²) in [5.41, 5.74) is 1.44. The van der Waals surface area contributed by atoms with Gasteiger partial charge in [0.25, 0.3) is 0 Å². The van der Waals surface area contributed by atoms with E-state index in [1.54, 1.807) is 23.9 Å². The summed E-state index contributed by atoms with van der Waals surface area (Å²) < 4.78 is 2.11. The number of benzene rings is 1. The number of halogens is 2. The lowest BCUT2D eigenvalue weighted by Crippen LogP contribution is -1.99. The Morgan fingerprint density at radius 1 is 1.53 bits per heavy atom. The zero-order valence-corrected chi connectivity index (χ0v) is 11.0. The molecule has 1 heterocycles. The smallest absolute Gasteiger partial charge is 0.337 e. The molecule has 0 saturated heterocycles. The number of rotatable bonds is 2. The Morgan fingerprint density at radius 3 is 2.76 bits per heavy atom. The third-order valence-electron chi connectivity index (χ3n) is 2.26. The van der Waals surface area contributed by atoms with Gasteiger partial charge in [-0.05, 0) is 28.1 Å². The SMILES string of the molecule is Cn1nnc(Br)c1-c1ccc(Cl)c(C(=O)O)c1. The maximum Gasteiger partial charge on any atom is 0.337 e. The van der Waals surface area contributed by atoms with Crippen LogP contribution in [0.1, 0.15) is 10.4 Å². The topological polar surface area (TPSA) is 68.0 Å². The van der Waals surface area contributed by atoms with Crippen LogP contribution in [0.15, 0.2) is 22.8 Å². The van der Waals surface area contributed by atoms with E-state index in [-0.39, 0.29) is 10.6 Å². The van der Waals surface area contributed by atoms with Gasteiger partial charge in [0, 0.05) is 12.6 Å². The van der Waals surface area contributed by atoms with E-state index < -0.39 is 5.97 Å². The molecule has 0 aliphatic heterocycles. The number of hydrogen-bond donors (Lipinski definition) is 1. The maximum atomic E-state index is 11.0. The van der Waals surface area contributed by atoms with E-state index in [0.717, 1.165) is 0 Å². The van der Waals surface area contributed by atoms with E-state index in [4.69, 9.17) is 16.7 Å². The maximum absolute atomic E-state index is 11.0. The van der Waals surface area contributed by atoms with E-state index in [1.165, 1.54) is 6.07 Å². The van der Waals surface area contributed by atoms with Crippen molar-refractivity contribution in [1.82, 2.24) is 15.0 Å². The van der Waals surface area contributed by atoms with Crippen LogP contribution < -0.4 is 0 Å². The normalized spacial score (nSPS) is 10.5. The van der Waals surface area contributed by atoms with Crippen molar-refractivity contribution in [3.05, 3.63) is 33.4 Å². The van der Waals surface area contributed by atoms with Crippen LogP contribution in [0.3, 0.4) is 0 Å². The summed E-state index contributed by atoms with van der Waals surface area (Å²) in [5, 5.41) is 16.9. The van der Waals surface area contributed by atoms with Crippen molar-refractivity contribution in [2.75, 3.05) is 0 Å². The van der Waals surface area contributed by atoms with Gasteiger partial charge < -0.3 is 5.11 Å². The fourth-order valence-electron chi connectivity index (χ4n) is 1.47. The molecule has 2 aromatic rings. The van der Waals surface area contributed by atoms with Crippen LogP contribution in [-0.4, -0.2) is 26.1 Å². The molecule has 0 atom stereocenters. The quantitative estimate of drug-likeness (QED) is 0.924. The molecule has 1 aromatic heterocycles. The minimum absolute atomic E-state index is 0.0530. The number of aromatic carboxylic acids is 1. The van der Waals surface area contributed by atoms with Crippen molar-refractivity contribution in [1.29, 1.82) is 0 Å². The van der Waals surface area contributed by atoms with Gasteiger partial charge in [0.15, 0.2) is 4.60 Å². The first-order valence-electron chi connectivity index (χ1n) is 4.59. The Morgan fingerprint density at radius 2 is 2.24 bits per heavy atom. The minimum Gasteiger partial charge on any atom is -0.478 e. The second-order valence-corrected chi connectivity index (χ2v) is 4.51. The average Bonchev–Trinajstić information content (AvgIpc) is 2.59. The predicted octanol–water partition coefficient (Wildman–Crippen LogP) is 2.60. The second kappa shape index (κ2) is 4.46. The van der Waals surface area contributed by atoms with Gasteiger partial charge in [-0.3, -0.25) is 0 Å². The zero-order valence-electron chi connectivity index (χ0n) is 8.69. The highest BCUT2D eigenvalue weighted by atomic mass is 79.9. The molecule has 1 N–H and O–H groups in total. The molecule has 0 radical (unpaired) electrons. The Kier molecular flexibility index (Phi) is 3.17. The first-order valence-corrected chi connectivity index (χ1v) is 5.76. The molecular formula is C10H7BrClN3O2. The summed E-state index contributed by atoms with van der Waals surface area (Å²) in [5.74, 6) is -1.07. The van der Waals surface area contributed by atoms with Crippen LogP contribution in [0.25, 0.3) is 11.3 Å². The molecule has 0 fully saturated rings. The molecule has 5 nitrogen and oxygen atoms in total. The summed E-state index contributed by atoms with van der Waals surface area (Å²) in [6.07, 6.45) is 0. The van der Waals surface area contributed by atoms with Crippen LogP contribution in [0.2, 0.25) is 5.02 Å². The van der Waals surface area contributed by atoms with Gasteiger partial charge in [-0.25, -0.2) is 9.48 Å². The monoisotopic (exact) mass is 315 g/mol. The van der Waals surface area contributed by atoms with E-state index in [9.17, 15) is 4.79 Å². The van der Waals surface area contributed by atoms with Crippen LogP contribution in [0, 0.1) is 0 Å². The van der Waals surface area contributed by atoms with Gasteiger partial charge in [-0.1, -0.05) is 22.9 Å². The molecule has 0 aliphatic carbocycles. The fourth-order valence-corrected chi connectivity index (χ4v) is 2.23. The van der Waals surface area contributed by atoms with Gasteiger partial charge >= 0.3 is 5.97 Å². The van der Waals surface area contributed by atoms with Crippen molar-refractivity contribution >= 4 is 33.5 Å². The Balaban J connectivity index is 2.62. The highest BCUT2D eigenvalue weighted by Crippen LogP contribution is 2.28. The van der Waals surface area contributed by atoms with E-state index in [1.807, 2.05) is 0 Å². The van der Waals surface area contributed by atoms with Gasteiger partial charge in [-0.15, -0.1) is 5.10 Å². The molecule has 17 heavy (non-hydrogen) atoms.